The van der Waals surface area contributed by atoms with Gasteiger partial charge in [0.2, 0.25) is 13.3 Å². The second-order valence-corrected chi connectivity index (χ2v) is 6.45. The molecular formula is C11H22NO5P. The zero-order chi connectivity index (χ0) is 14.0. The Bertz CT molecular complexity index is 319. The molecule has 0 spiro atoms. The number of ether oxygens (including phenoxy) is 1. The standard InChI is InChI=1S/C11H22NO5P/c1-4-16-11(14)7-6-8-12-10(13)9-18(3,15)17-5-2/h4-9H2,1-3H3,(H,12,13). The molecule has 0 fully saturated rings. The van der Waals surface area contributed by atoms with Gasteiger partial charge in [0.25, 0.3) is 0 Å². The summed E-state index contributed by atoms with van der Waals surface area (Å²) in [6.07, 6.45) is 0.650. The Morgan fingerprint density at radius 1 is 1.22 bits per heavy atom. The minimum Gasteiger partial charge on any atom is -0.466 e. The molecule has 18 heavy (non-hydrogen) atoms. The van der Waals surface area contributed by atoms with Crippen LogP contribution in [0.5, 0.6) is 0 Å². The smallest absolute Gasteiger partial charge is 0.305 e. The molecule has 7 heteroatoms. The lowest BCUT2D eigenvalue weighted by Gasteiger charge is -2.12. The van der Waals surface area contributed by atoms with Crippen LogP contribution in [0.3, 0.4) is 0 Å². The first-order chi connectivity index (χ1) is 8.41. The van der Waals surface area contributed by atoms with Crippen LogP contribution in [0.4, 0.5) is 0 Å². The zero-order valence-electron chi connectivity index (χ0n) is 11.2. The van der Waals surface area contributed by atoms with E-state index in [0.29, 0.717) is 26.2 Å². The fourth-order valence-electron chi connectivity index (χ4n) is 1.33. The molecule has 0 aliphatic carbocycles. The van der Waals surface area contributed by atoms with Crippen molar-refractivity contribution in [1.29, 1.82) is 0 Å². The average Bonchev–Trinajstić information content (AvgIpc) is 2.24. The monoisotopic (exact) mass is 279 g/mol. The number of amides is 1. The topological polar surface area (TPSA) is 81.7 Å². The maximum atomic E-state index is 11.7. The average molecular weight is 279 g/mol. The lowest BCUT2D eigenvalue weighted by molar-refractivity contribution is -0.143. The van der Waals surface area contributed by atoms with Crippen molar-refractivity contribution in [3.05, 3.63) is 0 Å². The van der Waals surface area contributed by atoms with Crippen LogP contribution in [-0.4, -0.2) is 44.5 Å². The van der Waals surface area contributed by atoms with Gasteiger partial charge >= 0.3 is 5.97 Å². The van der Waals surface area contributed by atoms with Gasteiger partial charge in [-0.15, -0.1) is 0 Å². The molecule has 0 aromatic carbocycles. The molecule has 0 saturated heterocycles. The summed E-state index contributed by atoms with van der Waals surface area (Å²) in [5, 5.41) is 2.60. The van der Waals surface area contributed by atoms with Gasteiger partial charge in [-0.3, -0.25) is 14.2 Å². The number of carbonyl (C=O) groups excluding carboxylic acids is 2. The van der Waals surface area contributed by atoms with E-state index in [4.69, 9.17) is 9.26 Å². The van der Waals surface area contributed by atoms with Gasteiger partial charge in [-0.05, 0) is 20.3 Å². The number of carbonyl (C=O) groups is 2. The van der Waals surface area contributed by atoms with Crippen LogP contribution < -0.4 is 5.32 Å². The number of esters is 1. The Balaban J connectivity index is 3.72. The van der Waals surface area contributed by atoms with Crippen molar-refractivity contribution in [3.63, 3.8) is 0 Å². The van der Waals surface area contributed by atoms with Crippen molar-refractivity contribution in [2.45, 2.75) is 26.7 Å². The summed E-state index contributed by atoms with van der Waals surface area (Å²) in [6.45, 7) is 5.96. The van der Waals surface area contributed by atoms with E-state index in [-0.39, 0.29) is 24.5 Å². The lowest BCUT2D eigenvalue weighted by atomic mass is 10.3. The molecule has 0 radical (unpaired) electrons. The molecule has 6 nitrogen and oxygen atoms in total. The highest BCUT2D eigenvalue weighted by Gasteiger charge is 2.19. The van der Waals surface area contributed by atoms with Gasteiger partial charge in [0, 0.05) is 19.6 Å². The molecule has 1 N–H and O–H groups in total. The summed E-state index contributed by atoms with van der Waals surface area (Å²) >= 11 is 0. The molecule has 1 amide bonds. The van der Waals surface area contributed by atoms with E-state index < -0.39 is 7.37 Å². The first kappa shape index (κ1) is 17.1. The van der Waals surface area contributed by atoms with Gasteiger partial charge in [0.1, 0.15) is 6.16 Å². The first-order valence-electron chi connectivity index (χ1n) is 6.04. The van der Waals surface area contributed by atoms with Crippen LogP contribution in [0, 0.1) is 0 Å². The molecular weight excluding hydrogens is 257 g/mol. The second-order valence-electron chi connectivity index (χ2n) is 3.85. The summed E-state index contributed by atoms with van der Waals surface area (Å²) < 4.78 is 21.4. The van der Waals surface area contributed by atoms with Crippen molar-refractivity contribution < 1.29 is 23.4 Å². The van der Waals surface area contributed by atoms with Crippen LogP contribution in [0.2, 0.25) is 0 Å². The fraction of sp³-hybridized carbons (Fsp3) is 0.818. The Labute approximate surface area is 108 Å². The summed E-state index contributed by atoms with van der Waals surface area (Å²) in [5.74, 6) is -0.597. The number of hydrogen-bond acceptors (Lipinski definition) is 5. The van der Waals surface area contributed by atoms with Gasteiger partial charge < -0.3 is 14.6 Å². The molecule has 106 valence electrons. The molecule has 1 atom stereocenters. The molecule has 0 heterocycles. The lowest BCUT2D eigenvalue weighted by Crippen LogP contribution is -2.28. The molecule has 0 aliphatic heterocycles. The molecule has 0 saturated carbocycles. The molecule has 0 aromatic heterocycles. The van der Waals surface area contributed by atoms with Crippen LogP contribution in [-0.2, 0) is 23.4 Å². The molecule has 0 aliphatic rings. The van der Waals surface area contributed by atoms with Gasteiger partial charge in [-0.2, -0.15) is 0 Å². The quantitative estimate of drug-likeness (QED) is 0.392. The van der Waals surface area contributed by atoms with E-state index in [1.165, 1.54) is 6.66 Å². The predicted molar refractivity (Wildman–Crippen MR) is 68.9 cm³/mol. The Kier molecular flexibility index (Phi) is 8.67. The number of rotatable bonds is 9. The van der Waals surface area contributed by atoms with E-state index in [1.54, 1.807) is 13.8 Å². The Morgan fingerprint density at radius 3 is 2.44 bits per heavy atom. The summed E-state index contributed by atoms with van der Waals surface area (Å²) in [4.78, 5) is 22.4. The van der Waals surface area contributed by atoms with Crippen molar-refractivity contribution in [2.75, 3.05) is 32.6 Å². The Hall–Kier alpha value is -0.870. The zero-order valence-corrected chi connectivity index (χ0v) is 12.1. The summed E-state index contributed by atoms with van der Waals surface area (Å²) in [7, 11) is -2.83. The third-order valence-electron chi connectivity index (χ3n) is 2.02. The van der Waals surface area contributed by atoms with E-state index in [9.17, 15) is 14.2 Å². The highest BCUT2D eigenvalue weighted by molar-refractivity contribution is 7.59. The van der Waals surface area contributed by atoms with Crippen LogP contribution in [0.25, 0.3) is 0 Å². The Morgan fingerprint density at radius 2 is 1.89 bits per heavy atom. The largest absolute Gasteiger partial charge is 0.466 e. The van der Waals surface area contributed by atoms with Gasteiger partial charge in [0.05, 0.1) is 13.2 Å². The van der Waals surface area contributed by atoms with Crippen LogP contribution >= 0.6 is 7.37 Å². The van der Waals surface area contributed by atoms with Crippen molar-refractivity contribution in [3.8, 4) is 0 Å². The van der Waals surface area contributed by atoms with E-state index in [0.717, 1.165) is 0 Å². The van der Waals surface area contributed by atoms with Crippen LogP contribution in [0.15, 0.2) is 0 Å². The minimum atomic E-state index is -2.83. The third kappa shape index (κ3) is 9.19. The highest BCUT2D eigenvalue weighted by atomic mass is 31.2. The minimum absolute atomic E-state index is 0.125. The molecule has 1 unspecified atom stereocenters. The van der Waals surface area contributed by atoms with Crippen molar-refractivity contribution in [1.82, 2.24) is 5.32 Å². The van der Waals surface area contributed by atoms with Crippen LogP contribution in [0.1, 0.15) is 26.7 Å². The first-order valence-corrected chi connectivity index (χ1v) is 8.30. The maximum absolute atomic E-state index is 11.7. The maximum Gasteiger partial charge on any atom is 0.305 e. The van der Waals surface area contributed by atoms with Gasteiger partial charge in [-0.25, -0.2) is 0 Å². The van der Waals surface area contributed by atoms with E-state index in [1.807, 2.05) is 0 Å². The van der Waals surface area contributed by atoms with Crippen molar-refractivity contribution >= 4 is 19.2 Å². The summed E-state index contributed by atoms with van der Waals surface area (Å²) in [5.41, 5.74) is 0. The van der Waals surface area contributed by atoms with Gasteiger partial charge in [0.15, 0.2) is 0 Å². The number of hydrogen-bond donors (Lipinski definition) is 1. The van der Waals surface area contributed by atoms with E-state index in [2.05, 4.69) is 5.32 Å². The summed E-state index contributed by atoms with van der Waals surface area (Å²) in [6, 6.07) is 0. The van der Waals surface area contributed by atoms with E-state index >= 15 is 0 Å². The van der Waals surface area contributed by atoms with Gasteiger partial charge in [-0.1, -0.05) is 0 Å². The third-order valence-corrected chi connectivity index (χ3v) is 3.68. The number of nitrogens with one attached hydrogen (secondary N) is 1. The molecule has 0 aromatic rings. The molecule has 0 bridgehead atoms. The second kappa shape index (κ2) is 9.11. The SMILES string of the molecule is CCOC(=O)CCCNC(=O)CP(C)(=O)OCC. The highest BCUT2D eigenvalue weighted by Crippen LogP contribution is 2.41. The fourth-order valence-corrected chi connectivity index (χ4v) is 2.60. The molecule has 0 rings (SSSR count). The predicted octanol–water partition coefficient (Wildman–Crippen LogP) is 1.39. The van der Waals surface area contributed by atoms with Crippen molar-refractivity contribution in [2.24, 2.45) is 0 Å². The normalized spacial score (nSPS) is 13.7.